The Bertz CT molecular complexity index is 452. The van der Waals surface area contributed by atoms with E-state index in [-0.39, 0.29) is 12.5 Å². The van der Waals surface area contributed by atoms with Crippen molar-refractivity contribution in [3.05, 3.63) is 23.9 Å². The van der Waals surface area contributed by atoms with Gasteiger partial charge >= 0.3 is 0 Å². The van der Waals surface area contributed by atoms with E-state index < -0.39 is 4.32 Å². The SMILES string of the molecule is O=C(Nc1cc(CSCCO)ccn1)C1(Br)CCC1. The van der Waals surface area contributed by atoms with Gasteiger partial charge in [0.1, 0.15) is 10.1 Å². The van der Waals surface area contributed by atoms with E-state index in [1.165, 1.54) is 0 Å². The lowest BCUT2D eigenvalue weighted by atomic mass is 9.84. The Kier molecular flexibility index (Phi) is 5.24. The molecule has 0 bridgehead atoms. The van der Waals surface area contributed by atoms with E-state index in [1.807, 2.05) is 12.1 Å². The third kappa shape index (κ3) is 3.94. The smallest absolute Gasteiger partial charge is 0.242 e. The molecule has 1 aromatic rings. The molecular formula is C13H17BrN2O2S. The first-order valence-electron chi connectivity index (χ1n) is 6.28. The fourth-order valence-corrected chi connectivity index (χ4v) is 3.18. The Morgan fingerprint density at radius 2 is 2.37 bits per heavy atom. The van der Waals surface area contributed by atoms with Crippen LogP contribution in [0.5, 0.6) is 0 Å². The molecular weight excluding hydrogens is 328 g/mol. The minimum atomic E-state index is -0.393. The summed E-state index contributed by atoms with van der Waals surface area (Å²) in [7, 11) is 0. The van der Waals surface area contributed by atoms with E-state index >= 15 is 0 Å². The molecule has 6 heteroatoms. The average molecular weight is 345 g/mol. The molecule has 0 radical (unpaired) electrons. The summed E-state index contributed by atoms with van der Waals surface area (Å²) in [5, 5.41) is 11.6. The molecule has 1 aliphatic rings. The molecule has 104 valence electrons. The van der Waals surface area contributed by atoms with Crippen LogP contribution in [0.2, 0.25) is 0 Å². The van der Waals surface area contributed by atoms with Gasteiger partial charge in [-0.25, -0.2) is 4.98 Å². The van der Waals surface area contributed by atoms with Crippen molar-refractivity contribution in [2.45, 2.75) is 29.3 Å². The van der Waals surface area contributed by atoms with Crippen LogP contribution in [0.3, 0.4) is 0 Å². The number of aliphatic hydroxyl groups excluding tert-OH is 1. The van der Waals surface area contributed by atoms with Crippen molar-refractivity contribution in [3.63, 3.8) is 0 Å². The molecule has 0 atom stereocenters. The number of alkyl halides is 1. The number of amides is 1. The molecule has 1 saturated carbocycles. The van der Waals surface area contributed by atoms with E-state index in [1.54, 1.807) is 18.0 Å². The lowest BCUT2D eigenvalue weighted by molar-refractivity contribution is -0.120. The molecule has 1 aromatic heterocycles. The number of hydrogen-bond donors (Lipinski definition) is 2. The highest BCUT2D eigenvalue weighted by Gasteiger charge is 2.41. The van der Waals surface area contributed by atoms with E-state index in [0.717, 1.165) is 30.6 Å². The Labute approximate surface area is 125 Å². The largest absolute Gasteiger partial charge is 0.396 e. The predicted molar refractivity (Wildman–Crippen MR) is 81.6 cm³/mol. The Morgan fingerprint density at radius 3 is 3.00 bits per heavy atom. The zero-order valence-corrected chi connectivity index (χ0v) is 13.0. The lowest BCUT2D eigenvalue weighted by Gasteiger charge is -2.34. The maximum absolute atomic E-state index is 12.1. The molecule has 2 N–H and O–H groups in total. The second-order valence-electron chi connectivity index (χ2n) is 4.60. The third-order valence-electron chi connectivity index (χ3n) is 3.12. The van der Waals surface area contributed by atoms with Crippen molar-refractivity contribution in [2.24, 2.45) is 0 Å². The monoisotopic (exact) mass is 344 g/mol. The van der Waals surface area contributed by atoms with Gasteiger partial charge in [0, 0.05) is 17.7 Å². The van der Waals surface area contributed by atoms with Gasteiger partial charge in [0.25, 0.3) is 0 Å². The molecule has 1 amide bonds. The molecule has 2 rings (SSSR count). The first-order chi connectivity index (χ1) is 9.14. The maximum Gasteiger partial charge on any atom is 0.242 e. The van der Waals surface area contributed by atoms with Gasteiger partial charge in [0.2, 0.25) is 5.91 Å². The van der Waals surface area contributed by atoms with Crippen LogP contribution in [0, 0.1) is 0 Å². The Balaban J connectivity index is 1.93. The highest BCUT2D eigenvalue weighted by atomic mass is 79.9. The van der Waals surface area contributed by atoms with Gasteiger partial charge in [0.15, 0.2) is 0 Å². The third-order valence-corrected chi connectivity index (χ3v) is 5.29. The van der Waals surface area contributed by atoms with Gasteiger partial charge in [-0.1, -0.05) is 15.9 Å². The minimum Gasteiger partial charge on any atom is -0.396 e. The molecule has 0 unspecified atom stereocenters. The van der Waals surface area contributed by atoms with Crippen LogP contribution in [0.4, 0.5) is 5.82 Å². The number of anilines is 1. The highest BCUT2D eigenvalue weighted by molar-refractivity contribution is 9.10. The molecule has 1 fully saturated rings. The summed E-state index contributed by atoms with van der Waals surface area (Å²) >= 11 is 5.14. The maximum atomic E-state index is 12.1. The topological polar surface area (TPSA) is 62.2 Å². The molecule has 4 nitrogen and oxygen atoms in total. The summed E-state index contributed by atoms with van der Waals surface area (Å²) in [4.78, 5) is 16.2. The molecule has 0 aromatic carbocycles. The number of nitrogens with zero attached hydrogens (tertiary/aromatic N) is 1. The van der Waals surface area contributed by atoms with E-state index in [0.29, 0.717) is 11.6 Å². The second kappa shape index (κ2) is 6.72. The van der Waals surface area contributed by atoms with Crippen molar-refractivity contribution >= 4 is 39.4 Å². The van der Waals surface area contributed by atoms with Crippen LogP contribution in [0.25, 0.3) is 0 Å². The number of carbonyl (C=O) groups excluding carboxylic acids is 1. The normalized spacial score (nSPS) is 16.7. The van der Waals surface area contributed by atoms with Crippen LogP contribution in [0.1, 0.15) is 24.8 Å². The Hall–Kier alpha value is -0.590. The molecule has 0 saturated heterocycles. The second-order valence-corrected chi connectivity index (χ2v) is 7.22. The van der Waals surface area contributed by atoms with E-state index in [4.69, 9.17) is 5.11 Å². The number of nitrogens with one attached hydrogen (secondary N) is 1. The first kappa shape index (κ1) is 14.8. The summed E-state index contributed by atoms with van der Waals surface area (Å²) < 4.78 is -0.393. The first-order valence-corrected chi connectivity index (χ1v) is 8.23. The van der Waals surface area contributed by atoms with Crippen LogP contribution in [-0.4, -0.2) is 32.7 Å². The van der Waals surface area contributed by atoms with Crippen molar-refractivity contribution in [1.82, 2.24) is 4.98 Å². The minimum absolute atomic E-state index is 0.00795. The predicted octanol–water partition coefficient (Wildman–Crippen LogP) is 2.56. The molecule has 19 heavy (non-hydrogen) atoms. The number of halogens is 1. The number of aliphatic hydroxyl groups is 1. The fourth-order valence-electron chi connectivity index (χ4n) is 1.83. The summed E-state index contributed by atoms with van der Waals surface area (Å²) in [5.41, 5.74) is 1.10. The number of carbonyl (C=O) groups is 1. The van der Waals surface area contributed by atoms with Gasteiger partial charge in [-0.2, -0.15) is 11.8 Å². The van der Waals surface area contributed by atoms with Crippen molar-refractivity contribution in [3.8, 4) is 0 Å². The van der Waals surface area contributed by atoms with Crippen LogP contribution >= 0.6 is 27.7 Å². The van der Waals surface area contributed by atoms with Crippen molar-refractivity contribution in [2.75, 3.05) is 17.7 Å². The standard InChI is InChI=1S/C13H17BrN2O2S/c14-13(3-1-4-13)12(18)16-11-8-10(2-5-15-11)9-19-7-6-17/h2,5,8,17H,1,3-4,6-7,9H2,(H,15,16,18). The molecule has 1 heterocycles. The number of thioether (sulfide) groups is 1. The van der Waals surface area contributed by atoms with Gasteiger partial charge in [-0.3, -0.25) is 4.79 Å². The number of aromatic nitrogens is 1. The van der Waals surface area contributed by atoms with Crippen LogP contribution in [-0.2, 0) is 10.5 Å². The molecule has 0 aliphatic heterocycles. The highest BCUT2D eigenvalue weighted by Crippen LogP contribution is 2.40. The van der Waals surface area contributed by atoms with Crippen LogP contribution in [0.15, 0.2) is 18.3 Å². The lowest BCUT2D eigenvalue weighted by Crippen LogP contribution is -2.43. The van der Waals surface area contributed by atoms with Gasteiger partial charge in [-0.15, -0.1) is 0 Å². The fraction of sp³-hybridized carbons (Fsp3) is 0.538. The Morgan fingerprint density at radius 1 is 1.58 bits per heavy atom. The zero-order valence-electron chi connectivity index (χ0n) is 10.6. The van der Waals surface area contributed by atoms with Gasteiger partial charge in [0.05, 0.1) is 6.61 Å². The number of rotatable bonds is 6. The quantitative estimate of drug-likeness (QED) is 0.615. The summed E-state index contributed by atoms with van der Waals surface area (Å²) in [6, 6.07) is 3.81. The zero-order chi connectivity index (χ0) is 13.7. The molecule has 1 aliphatic carbocycles. The van der Waals surface area contributed by atoms with Crippen LogP contribution < -0.4 is 5.32 Å². The van der Waals surface area contributed by atoms with Crippen molar-refractivity contribution < 1.29 is 9.90 Å². The van der Waals surface area contributed by atoms with E-state index in [9.17, 15) is 4.79 Å². The number of pyridine rings is 1. The van der Waals surface area contributed by atoms with Gasteiger partial charge < -0.3 is 10.4 Å². The van der Waals surface area contributed by atoms with Crippen molar-refractivity contribution in [1.29, 1.82) is 0 Å². The average Bonchev–Trinajstić information content (AvgIpc) is 2.36. The summed E-state index contributed by atoms with van der Waals surface area (Å²) in [5.74, 6) is 2.11. The summed E-state index contributed by atoms with van der Waals surface area (Å²) in [6.07, 6.45) is 4.55. The molecule has 0 spiro atoms. The summed E-state index contributed by atoms with van der Waals surface area (Å²) in [6.45, 7) is 0.186. The number of hydrogen-bond acceptors (Lipinski definition) is 4. The van der Waals surface area contributed by atoms with Gasteiger partial charge in [-0.05, 0) is 37.0 Å². The van der Waals surface area contributed by atoms with E-state index in [2.05, 4.69) is 26.2 Å².